The normalized spacial score (nSPS) is 13.8. The average molecular weight is 509 g/mol. The number of rotatable bonds is 8. The van der Waals surface area contributed by atoms with Gasteiger partial charge in [-0.2, -0.15) is 0 Å². The van der Waals surface area contributed by atoms with E-state index in [0.29, 0.717) is 23.0 Å². The van der Waals surface area contributed by atoms with Gasteiger partial charge in [0.1, 0.15) is 17.1 Å². The van der Waals surface area contributed by atoms with Gasteiger partial charge < -0.3 is 20.3 Å². The Morgan fingerprint density at radius 3 is 2.39 bits per heavy atom. The molecule has 7 nitrogen and oxygen atoms in total. The smallest absolute Gasteiger partial charge is 0.262 e. The van der Waals surface area contributed by atoms with Gasteiger partial charge in [0.2, 0.25) is 5.91 Å². The van der Waals surface area contributed by atoms with Crippen molar-refractivity contribution in [3.05, 3.63) is 90.5 Å². The number of amides is 2. The number of anilines is 3. The number of piperidine rings is 1. The summed E-state index contributed by atoms with van der Waals surface area (Å²) in [6.45, 7) is 3.23. The third-order valence-electron chi connectivity index (χ3n) is 6.80. The zero-order valence-corrected chi connectivity index (χ0v) is 21.5. The van der Waals surface area contributed by atoms with E-state index in [1.165, 1.54) is 12.5 Å². The van der Waals surface area contributed by atoms with Crippen LogP contribution in [0.2, 0.25) is 0 Å². The van der Waals surface area contributed by atoms with Gasteiger partial charge in [-0.25, -0.2) is 4.98 Å². The van der Waals surface area contributed by atoms with Crippen molar-refractivity contribution in [3.8, 4) is 5.75 Å². The van der Waals surface area contributed by atoms with E-state index in [1.807, 2.05) is 18.2 Å². The van der Waals surface area contributed by atoms with Gasteiger partial charge in [-0.1, -0.05) is 48.5 Å². The van der Waals surface area contributed by atoms with Gasteiger partial charge >= 0.3 is 0 Å². The SMILES string of the molecule is CC(=O)Nc1cccc(NC(=O)COc2cccc3ccc(N4CCC(Cc5ccccc5)CC4)nc23)c1. The molecule has 2 N–H and O–H groups in total. The summed E-state index contributed by atoms with van der Waals surface area (Å²) in [4.78, 5) is 31.1. The quantitative estimate of drug-likeness (QED) is 0.320. The minimum Gasteiger partial charge on any atom is -0.481 e. The largest absolute Gasteiger partial charge is 0.481 e. The number of carbonyl (C=O) groups excluding carboxylic acids is 2. The Kier molecular flexibility index (Phi) is 7.83. The number of carbonyl (C=O) groups is 2. The minimum atomic E-state index is -0.293. The van der Waals surface area contributed by atoms with Crippen LogP contribution in [0, 0.1) is 5.92 Å². The first-order valence-corrected chi connectivity index (χ1v) is 13.0. The molecular weight excluding hydrogens is 476 g/mol. The molecule has 0 aliphatic carbocycles. The van der Waals surface area contributed by atoms with Crippen molar-refractivity contribution in [1.82, 2.24) is 4.98 Å². The van der Waals surface area contributed by atoms with Crippen molar-refractivity contribution in [3.63, 3.8) is 0 Å². The fourth-order valence-electron chi connectivity index (χ4n) is 4.93. The maximum atomic E-state index is 12.6. The van der Waals surface area contributed by atoms with Gasteiger partial charge in [0, 0.05) is 36.8 Å². The van der Waals surface area contributed by atoms with Crippen molar-refractivity contribution in [2.45, 2.75) is 26.2 Å². The first-order chi connectivity index (χ1) is 18.5. The standard InChI is InChI=1S/C31H32N4O3/c1-22(36)32-26-10-6-11-27(20-26)33-30(37)21-38-28-12-5-9-25-13-14-29(34-31(25)28)35-17-15-24(16-18-35)19-23-7-3-2-4-8-23/h2-14,20,24H,15-19,21H2,1H3,(H,32,36)(H,33,37). The molecule has 2 amide bonds. The number of pyridine rings is 1. The van der Waals surface area contributed by atoms with Crippen molar-refractivity contribution in [2.24, 2.45) is 5.92 Å². The van der Waals surface area contributed by atoms with Crippen LogP contribution in [0.1, 0.15) is 25.3 Å². The fraction of sp³-hybridized carbons (Fsp3) is 0.258. The van der Waals surface area contributed by atoms with Crippen LogP contribution in [-0.2, 0) is 16.0 Å². The molecule has 194 valence electrons. The summed E-state index contributed by atoms with van der Waals surface area (Å²) in [5.74, 6) is 1.73. The van der Waals surface area contributed by atoms with Crippen LogP contribution in [-0.4, -0.2) is 36.5 Å². The Morgan fingerprint density at radius 2 is 1.63 bits per heavy atom. The molecule has 0 atom stereocenters. The van der Waals surface area contributed by atoms with Crippen molar-refractivity contribution >= 4 is 39.9 Å². The van der Waals surface area contributed by atoms with E-state index in [1.54, 1.807) is 24.3 Å². The second-order valence-corrected chi connectivity index (χ2v) is 9.72. The van der Waals surface area contributed by atoms with Gasteiger partial charge in [-0.3, -0.25) is 9.59 Å². The monoisotopic (exact) mass is 508 g/mol. The van der Waals surface area contributed by atoms with E-state index < -0.39 is 0 Å². The minimum absolute atomic E-state index is 0.153. The molecule has 5 rings (SSSR count). The summed E-state index contributed by atoms with van der Waals surface area (Å²) >= 11 is 0. The van der Waals surface area contributed by atoms with E-state index >= 15 is 0 Å². The first kappa shape index (κ1) is 25.3. The Hall–Kier alpha value is -4.39. The van der Waals surface area contributed by atoms with Crippen LogP contribution < -0.4 is 20.3 Å². The van der Waals surface area contributed by atoms with Crippen LogP contribution in [0.25, 0.3) is 10.9 Å². The van der Waals surface area contributed by atoms with Crippen LogP contribution in [0.5, 0.6) is 5.75 Å². The molecule has 3 aromatic carbocycles. The summed E-state index contributed by atoms with van der Waals surface area (Å²) in [5.41, 5.74) is 3.35. The third-order valence-corrected chi connectivity index (χ3v) is 6.80. The Morgan fingerprint density at radius 1 is 0.895 bits per heavy atom. The summed E-state index contributed by atoms with van der Waals surface area (Å²) in [6, 6.07) is 27.6. The molecule has 1 saturated heterocycles. The zero-order chi connectivity index (χ0) is 26.3. The predicted octanol–water partition coefficient (Wildman–Crippen LogP) is 5.67. The predicted molar refractivity (Wildman–Crippen MR) is 152 cm³/mol. The van der Waals surface area contributed by atoms with Crippen molar-refractivity contribution in [2.75, 3.05) is 35.2 Å². The molecule has 38 heavy (non-hydrogen) atoms. The van der Waals surface area contributed by atoms with Gasteiger partial charge in [0.05, 0.1) is 0 Å². The molecule has 0 bridgehead atoms. The van der Waals surface area contributed by atoms with E-state index in [-0.39, 0.29) is 18.4 Å². The van der Waals surface area contributed by atoms with Gasteiger partial charge in [0.25, 0.3) is 5.91 Å². The highest BCUT2D eigenvalue weighted by atomic mass is 16.5. The lowest BCUT2D eigenvalue weighted by Gasteiger charge is -2.33. The first-order valence-electron chi connectivity index (χ1n) is 13.0. The third kappa shape index (κ3) is 6.48. The number of hydrogen-bond donors (Lipinski definition) is 2. The summed E-state index contributed by atoms with van der Waals surface area (Å²) in [5, 5.41) is 6.49. The lowest BCUT2D eigenvalue weighted by atomic mass is 9.90. The van der Waals surface area contributed by atoms with Crippen molar-refractivity contribution < 1.29 is 14.3 Å². The maximum Gasteiger partial charge on any atom is 0.262 e. The lowest BCUT2D eigenvalue weighted by Crippen LogP contribution is -2.34. The number of benzene rings is 3. The highest BCUT2D eigenvalue weighted by molar-refractivity contribution is 5.94. The molecule has 2 heterocycles. The molecule has 0 radical (unpaired) electrons. The molecular formula is C31H32N4O3. The molecule has 1 aliphatic rings. The fourth-order valence-corrected chi connectivity index (χ4v) is 4.93. The van der Waals surface area contributed by atoms with Crippen LogP contribution >= 0.6 is 0 Å². The second-order valence-electron chi connectivity index (χ2n) is 9.72. The average Bonchev–Trinajstić information content (AvgIpc) is 2.92. The van der Waals surface area contributed by atoms with E-state index in [9.17, 15) is 9.59 Å². The molecule has 0 spiro atoms. The molecule has 1 fully saturated rings. The number of nitrogens with one attached hydrogen (secondary N) is 2. The summed E-state index contributed by atoms with van der Waals surface area (Å²) in [6.07, 6.45) is 3.39. The Balaban J connectivity index is 1.21. The Labute approximate surface area is 222 Å². The van der Waals surface area contributed by atoms with Gasteiger partial charge in [-0.15, -0.1) is 0 Å². The van der Waals surface area contributed by atoms with E-state index in [0.717, 1.165) is 49.1 Å². The molecule has 0 saturated carbocycles. The number of para-hydroxylation sites is 1. The van der Waals surface area contributed by atoms with Gasteiger partial charge in [0.15, 0.2) is 6.61 Å². The maximum absolute atomic E-state index is 12.6. The molecule has 1 aromatic heterocycles. The van der Waals surface area contributed by atoms with Gasteiger partial charge in [-0.05, 0) is 67.1 Å². The molecule has 4 aromatic rings. The topological polar surface area (TPSA) is 83.6 Å². The number of hydrogen-bond acceptors (Lipinski definition) is 5. The number of nitrogens with zero attached hydrogens (tertiary/aromatic N) is 2. The van der Waals surface area contributed by atoms with Crippen LogP contribution in [0.15, 0.2) is 84.9 Å². The summed E-state index contributed by atoms with van der Waals surface area (Å²) in [7, 11) is 0. The number of ether oxygens (including phenoxy) is 1. The van der Waals surface area contributed by atoms with Crippen LogP contribution in [0.3, 0.4) is 0 Å². The molecule has 0 unspecified atom stereocenters. The van der Waals surface area contributed by atoms with E-state index in [2.05, 4.69) is 58.0 Å². The summed E-state index contributed by atoms with van der Waals surface area (Å²) < 4.78 is 5.91. The second kappa shape index (κ2) is 11.8. The lowest BCUT2D eigenvalue weighted by molar-refractivity contribution is -0.118. The van der Waals surface area contributed by atoms with Crippen molar-refractivity contribution in [1.29, 1.82) is 0 Å². The zero-order valence-electron chi connectivity index (χ0n) is 21.5. The number of fused-ring (bicyclic) bond motifs is 1. The van der Waals surface area contributed by atoms with E-state index in [4.69, 9.17) is 9.72 Å². The Bertz CT molecular complexity index is 1420. The molecule has 7 heteroatoms. The highest BCUT2D eigenvalue weighted by Gasteiger charge is 2.21. The molecule has 1 aliphatic heterocycles. The van der Waals surface area contributed by atoms with Crippen LogP contribution in [0.4, 0.5) is 17.2 Å². The number of aromatic nitrogens is 1. The highest BCUT2D eigenvalue weighted by Crippen LogP contribution is 2.29.